The average molecular weight is 432 g/mol. The van der Waals surface area contributed by atoms with Gasteiger partial charge >= 0.3 is 0 Å². The van der Waals surface area contributed by atoms with Crippen LogP contribution < -0.4 is 19.1 Å². The Labute approximate surface area is 173 Å². The van der Waals surface area contributed by atoms with Gasteiger partial charge in [0.1, 0.15) is 13.2 Å². The van der Waals surface area contributed by atoms with Gasteiger partial charge in [-0.1, -0.05) is 6.07 Å². The number of ether oxygens (including phenoxy) is 2. The van der Waals surface area contributed by atoms with Crippen molar-refractivity contribution in [2.24, 2.45) is 0 Å². The number of carbonyl (C=O) groups is 2. The molecule has 0 unspecified atom stereocenters. The van der Waals surface area contributed by atoms with Crippen molar-refractivity contribution in [3.05, 3.63) is 48.0 Å². The average Bonchev–Trinajstić information content (AvgIpc) is 3.09. The molecule has 0 radical (unpaired) electrons. The number of amides is 2. The molecule has 2 N–H and O–H groups in total. The second-order valence-corrected chi connectivity index (χ2v) is 8.65. The number of aliphatic hydroxyl groups is 1. The predicted molar refractivity (Wildman–Crippen MR) is 106 cm³/mol. The SMILES string of the molecule is O=C1CCC(=O)N1c1ccc(S(=O)(=O)NC[C@@H](O)c2ccc3c(c2)OCCO3)cc1. The quantitative estimate of drug-likeness (QED) is 0.656. The largest absolute Gasteiger partial charge is 0.486 e. The molecular weight excluding hydrogens is 412 g/mol. The Balaban J connectivity index is 1.43. The van der Waals surface area contributed by atoms with E-state index < -0.39 is 16.1 Å². The lowest BCUT2D eigenvalue weighted by atomic mass is 10.1. The van der Waals surface area contributed by atoms with Crippen LogP contribution in [0.4, 0.5) is 5.69 Å². The summed E-state index contributed by atoms with van der Waals surface area (Å²) in [6.45, 7) is 0.615. The number of benzene rings is 2. The Bertz CT molecular complexity index is 1070. The van der Waals surface area contributed by atoms with E-state index in [9.17, 15) is 23.1 Å². The van der Waals surface area contributed by atoms with E-state index in [-0.39, 0.29) is 36.1 Å². The molecule has 10 heteroatoms. The van der Waals surface area contributed by atoms with Crippen LogP contribution in [0.25, 0.3) is 0 Å². The number of carbonyl (C=O) groups excluding carboxylic acids is 2. The summed E-state index contributed by atoms with van der Waals surface area (Å²) >= 11 is 0. The lowest BCUT2D eigenvalue weighted by Gasteiger charge is -2.20. The van der Waals surface area contributed by atoms with Crippen LogP contribution in [0.15, 0.2) is 47.4 Å². The molecule has 0 spiro atoms. The van der Waals surface area contributed by atoms with E-state index >= 15 is 0 Å². The summed E-state index contributed by atoms with van der Waals surface area (Å²) in [7, 11) is -3.90. The maximum atomic E-state index is 12.5. The molecule has 2 aliphatic heterocycles. The topological polar surface area (TPSA) is 122 Å². The first kappa shape index (κ1) is 20.3. The molecule has 2 amide bonds. The molecule has 0 aromatic heterocycles. The highest BCUT2D eigenvalue weighted by Crippen LogP contribution is 2.32. The van der Waals surface area contributed by atoms with Gasteiger partial charge in [-0.25, -0.2) is 13.1 Å². The second-order valence-electron chi connectivity index (χ2n) is 6.89. The fraction of sp³-hybridized carbons (Fsp3) is 0.300. The van der Waals surface area contributed by atoms with Gasteiger partial charge in [0.2, 0.25) is 21.8 Å². The maximum absolute atomic E-state index is 12.5. The van der Waals surface area contributed by atoms with E-state index in [2.05, 4.69) is 4.72 Å². The van der Waals surface area contributed by atoms with Crippen molar-refractivity contribution >= 4 is 27.5 Å². The predicted octanol–water partition coefficient (Wildman–Crippen LogP) is 1.12. The molecule has 1 atom stereocenters. The monoisotopic (exact) mass is 432 g/mol. The first-order valence-corrected chi connectivity index (χ1v) is 10.9. The number of aliphatic hydroxyl groups excluding tert-OH is 1. The van der Waals surface area contributed by atoms with Crippen LogP contribution in [-0.2, 0) is 19.6 Å². The van der Waals surface area contributed by atoms with Gasteiger partial charge in [-0.15, -0.1) is 0 Å². The zero-order valence-electron chi connectivity index (χ0n) is 15.9. The van der Waals surface area contributed by atoms with E-state index in [1.54, 1.807) is 18.2 Å². The summed E-state index contributed by atoms with van der Waals surface area (Å²) in [5.74, 6) is 0.461. The van der Waals surface area contributed by atoms with Crippen LogP contribution in [0.3, 0.4) is 0 Å². The van der Waals surface area contributed by atoms with Crippen LogP contribution in [0.5, 0.6) is 11.5 Å². The molecule has 1 saturated heterocycles. The molecule has 4 rings (SSSR count). The van der Waals surface area contributed by atoms with Gasteiger partial charge < -0.3 is 14.6 Å². The van der Waals surface area contributed by atoms with Crippen molar-refractivity contribution in [1.29, 1.82) is 0 Å². The first-order valence-electron chi connectivity index (χ1n) is 9.38. The standard InChI is InChI=1S/C20H20N2O7S/c23-16(13-1-6-17-18(11-13)29-10-9-28-17)12-21-30(26,27)15-4-2-14(3-5-15)22-19(24)7-8-20(22)25/h1-6,11,16,21,23H,7-10,12H2/t16-/m1/s1. The van der Waals surface area contributed by atoms with Crippen molar-refractivity contribution in [3.8, 4) is 11.5 Å². The summed E-state index contributed by atoms with van der Waals surface area (Å²) in [6.07, 6.45) is -0.786. The fourth-order valence-corrected chi connectivity index (χ4v) is 4.33. The molecule has 9 nitrogen and oxygen atoms in total. The van der Waals surface area contributed by atoms with Crippen LogP contribution in [0.1, 0.15) is 24.5 Å². The van der Waals surface area contributed by atoms with E-state index in [4.69, 9.17) is 9.47 Å². The van der Waals surface area contributed by atoms with E-state index in [0.717, 1.165) is 4.90 Å². The number of nitrogens with one attached hydrogen (secondary N) is 1. The van der Waals surface area contributed by atoms with Crippen LogP contribution in [0, 0.1) is 0 Å². The minimum atomic E-state index is -3.90. The third kappa shape index (κ3) is 4.02. The third-order valence-electron chi connectivity index (χ3n) is 4.87. The van der Waals surface area contributed by atoms with Gasteiger partial charge in [0.15, 0.2) is 11.5 Å². The summed E-state index contributed by atoms with van der Waals surface area (Å²) < 4.78 is 38.4. The highest BCUT2D eigenvalue weighted by Gasteiger charge is 2.30. The Kier molecular flexibility index (Phi) is 5.46. The zero-order valence-corrected chi connectivity index (χ0v) is 16.7. The molecule has 2 heterocycles. The van der Waals surface area contributed by atoms with Gasteiger partial charge in [-0.05, 0) is 42.0 Å². The van der Waals surface area contributed by atoms with Crippen molar-refractivity contribution in [1.82, 2.24) is 4.72 Å². The molecule has 1 fully saturated rings. The Morgan fingerprint density at radius 2 is 1.60 bits per heavy atom. The van der Waals surface area contributed by atoms with Gasteiger partial charge in [-0.2, -0.15) is 0 Å². The lowest BCUT2D eigenvalue weighted by Crippen LogP contribution is -2.29. The zero-order chi connectivity index (χ0) is 21.3. The summed E-state index contributed by atoms with van der Waals surface area (Å²) in [5, 5.41) is 10.4. The van der Waals surface area contributed by atoms with Crippen molar-refractivity contribution in [2.75, 3.05) is 24.7 Å². The molecule has 2 aliphatic rings. The molecule has 2 aromatic rings. The Morgan fingerprint density at radius 3 is 2.27 bits per heavy atom. The summed E-state index contributed by atoms with van der Waals surface area (Å²) in [4.78, 5) is 24.6. The van der Waals surface area contributed by atoms with Gasteiger partial charge in [0.25, 0.3) is 0 Å². The number of hydrogen-bond acceptors (Lipinski definition) is 7. The van der Waals surface area contributed by atoms with Gasteiger partial charge in [0.05, 0.1) is 16.7 Å². The molecule has 0 aliphatic carbocycles. The molecule has 2 aromatic carbocycles. The normalized spacial score (nSPS) is 17.3. The first-order chi connectivity index (χ1) is 14.3. The molecule has 158 valence electrons. The number of imide groups is 1. The van der Waals surface area contributed by atoms with Gasteiger partial charge in [0, 0.05) is 19.4 Å². The number of fused-ring (bicyclic) bond motifs is 1. The smallest absolute Gasteiger partial charge is 0.240 e. The highest BCUT2D eigenvalue weighted by atomic mass is 32.2. The number of hydrogen-bond donors (Lipinski definition) is 2. The molecule has 0 bridgehead atoms. The van der Waals surface area contributed by atoms with E-state index in [1.807, 2.05) is 0 Å². The van der Waals surface area contributed by atoms with Crippen molar-refractivity contribution in [3.63, 3.8) is 0 Å². The number of nitrogens with zero attached hydrogens (tertiary/aromatic N) is 1. The molecular formula is C20H20N2O7S. The minimum Gasteiger partial charge on any atom is -0.486 e. The third-order valence-corrected chi connectivity index (χ3v) is 6.31. The number of anilines is 1. The number of sulfonamides is 1. The Hall–Kier alpha value is -2.95. The lowest BCUT2D eigenvalue weighted by molar-refractivity contribution is -0.121. The highest BCUT2D eigenvalue weighted by molar-refractivity contribution is 7.89. The maximum Gasteiger partial charge on any atom is 0.240 e. The fourth-order valence-electron chi connectivity index (χ4n) is 3.30. The van der Waals surface area contributed by atoms with Crippen LogP contribution >= 0.6 is 0 Å². The van der Waals surface area contributed by atoms with E-state index in [1.165, 1.54) is 24.3 Å². The van der Waals surface area contributed by atoms with Crippen LogP contribution in [0.2, 0.25) is 0 Å². The number of rotatable bonds is 6. The van der Waals surface area contributed by atoms with Crippen molar-refractivity contribution < 1.29 is 32.6 Å². The van der Waals surface area contributed by atoms with Gasteiger partial charge in [-0.3, -0.25) is 14.5 Å². The van der Waals surface area contributed by atoms with Crippen molar-refractivity contribution in [2.45, 2.75) is 23.8 Å². The minimum absolute atomic E-state index is 0.0419. The summed E-state index contributed by atoms with van der Waals surface area (Å²) in [5.41, 5.74) is 0.820. The van der Waals surface area contributed by atoms with Crippen LogP contribution in [-0.4, -0.2) is 45.1 Å². The Morgan fingerprint density at radius 1 is 0.967 bits per heavy atom. The molecule has 30 heavy (non-hydrogen) atoms. The second kappa shape index (κ2) is 8.05. The molecule has 0 saturated carbocycles. The summed E-state index contributed by atoms with van der Waals surface area (Å²) in [6, 6.07) is 10.4. The van der Waals surface area contributed by atoms with E-state index in [0.29, 0.717) is 36.0 Å².